The Morgan fingerprint density at radius 1 is 1.50 bits per heavy atom. The van der Waals surface area contributed by atoms with Crippen molar-refractivity contribution in [2.24, 2.45) is 0 Å². The Morgan fingerprint density at radius 3 is 2.71 bits per heavy atom. The van der Waals surface area contributed by atoms with Crippen LogP contribution in [-0.2, 0) is 9.53 Å². The lowest BCUT2D eigenvalue weighted by Gasteiger charge is -2.14. The van der Waals surface area contributed by atoms with Crippen LogP contribution in [0.1, 0.15) is 24.2 Å². The van der Waals surface area contributed by atoms with Gasteiger partial charge in [0.1, 0.15) is 12.0 Å². The normalized spacial score (nSPS) is 12.2. The number of alkyl halides is 1. The van der Waals surface area contributed by atoms with E-state index in [1.807, 2.05) is 38.1 Å². The summed E-state index contributed by atoms with van der Waals surface area (Å²) in [6.07, 6.45) is -0.234. The molecular weight excluding hydrogens is 200 g/mol. The topological polar surface area (TPSA) is 26.3 Å². The van der Waals surface area contributed by atoms with Crippen molar-refractivity contribution in [1.82, 2.24) is 0 Å². The molecule has 1 aromatic rings. The van der Waals surface area contributed by atoms with E-state index in [2.05, 4.69) is 0 Å². The number of aryl methyl sites for hydroxylation is 1. The van der Waals surface area contributed by atoms with Crippen molar-refractivity contribution in [2.45, 2.75) is 20.0 Å². The molecular formula is C11H13ClO2. The maximum absolute atomic E-state index is 11.0. The lowest BCUT2D eigenvalue weighted by atomic mass is 10.0. The van der Waals surface area contributed by atoms with Gasteiger partial charge in [-0.15, -0.1) is 11.6 Å². The van der Waals surface area contributed by atoms with Gasteiger partial charge in [0, 0.05) is 0 Å². The van der Waals surface area contributed by atoms with Crippen molar-refractivity contribution in [3.63, 3.8) is 0 Å². The zero-order valence-electron chi connectivity index (χ0n) is 8.29. The monoisotopic (exact) mass is 212 g/mol. The van der Waals surface area contributed by atoms with Crippen LogP contribution in [0.5, 0.6) is 0 Å². The average molecular weight is 213 g/mol. The van der Waals surface area contributed by atoms with E-state index in [0.717, 1.165) is 11.1 Å². The minimum Gasteiger partial charge on any atom is -0.457 e. The molecule has 1 rings (SSSR count). The summed E-state index contributed by atoms with van der Waals surface area (Å²) in [4.78, 5) is 11.0. The van der Waals surface area contributed by atoms with Crippen LogP contribution in [0.4, 0.5) is 0 Å². The SMILES string of the molecule is Cc1ccccc1C(C)OC(=O)CCl. The van der Waals surface area contributed by atoms with Crippen LogP contribution in [0.25, 0.3) is 0 Å². The summed E-state index contributed by atoms with van der Waals surface area (Å²) in [7, 11) is 0. The van der Waals surface area contributed by atoms with E-state index in [4.69, 9.17) is 16.3 Å². The first-order valence-electron chi connectivity index (χ1n) is 4.46. The van der Waals surface area contributed by atoms with E-state index in [1.54, 1.807) is 0 Å². The molecule has 0 spiro atoms. The number of rotatable bonds is 3. The molecule has 2 nitrogen and oxygen atoms in total. The first-order valence-corrected chi connectivity index (χ1v) is 4.99. The summed E-state index contributed by atoms with van der Waals surface area (Å²) in [5.41, 5.74) is 2.13. The second kappa shape index (κ2) is 5.01. The standard InChI is InChI=1S/C11H13ClO2/c1-8-5-3-4-6-10(8)9(2)14-11(13)7-12/h3-6,9H,7H2,1-2H3. The number of halogens is 1. The van der Waals surface area contributed by atoms with E-state index >= 15 is 0 Å². The molecule has 0 aliphatic carbocycles. The Balaban J connectivity index is 2.74. The molecule has 76 valence electrons. The summed E-state index contributed by atoms with van der Waals surface area (Å²) in [6, 6.07) is 7.81. The molecule has 0 aliphatic rings. The molecule has 0 fully saturated rings. The largest absolute Gasteiger partial charge is 0.457 e. The molecule has 1 atom stereocenters. The van der Waals surface area contributed by atoms with Crippen LogP contribution in [-0.4, -0.2) is 11.8 Å². The molecule has 0 saturated carbocycles. The fraction of sp³-hybridized carbons (Fsp3) is 0.364. The minimum atomic E-state index is -0.387. The third-order valence-electron chi connectivity index (χ3n) is 2.04. The minimum absolute atomic E-state index is 0.101. The third-order valence-corrected chi connectivity index (χ3v) is 2.26. The van der Waals surface area contributed by atoms with Crippen LogP contribution in [0.3, 0.4) is 0 Å². The van der Waals surface area contributed by atoms with Crippen molar-refractivity contribution in [3.8, 4) is 0 Å². The molecule has 0 aromatic heterocycles. The van der Waals surface area contributed by atoms with Gasteiger partial charge in [0.2, 0.25) is 0 Å². The number of carbonyl (C=O) groups excluding carboxylic acids is 1. The number of carbonyl (C=O) groups is 1. The van der Waals surface area contributed by atoms with Crippen molar-refractivity contribution in [2.75, 3.05) is 5.88 Å². The van der Waals surface area contributed by atoms with Crippen LogP contribution in [0.15, 0.2) is 24.3 Å². The van der Waals surface area contributed by atoms with Gasteiger partial charge < -0.3 is 4.74 Å². The number of esters is 1. The Bertz CT molecular complexity index is 323. The smallest absolute Gasteiger partial charge is 0.321 e. The molecule has 0 heterocycles. The van der Waals surface area contributed by atoms with Crippen molar-refractivity contribution in [3.05, 3.63) is 35.4 Å². The van der Waals surface area contributed by atoms with Crippen LogP contribution < -0.4 is 0 Å². The van der Waals surface area contributed by atoms with E-state index in [9.17, 15) is 4.79 Å². The van der Waals surface area contributed by atoms with Crippen molar-refractivity contribution < 1.29 is 9.53 Å². The maximum atomic E-state index is 11.0. The van der Waals surface area contributed by atoms with Crippen LogP contribution >= 0.6 is 11.6 Å². The number of ether oxygens (including phenoxy) is 1. The third kappa shape index (κ3) is 2.74. The van der Waals surface area contributed by atoms with Gasteiger partial charge in [-0.3, -0.25) is 4.79 Å². The Hall–Kier alpha value is -1.02. The molecule has 0 N–H and O–H groups in total. The van der Waals surface area contributed by atoms with Gasteiger partial charge >= 0.3 is 5.97 Å². The van der Waals surface area contributed by atoms with Gasteiger partial charge in [0.05, 0.1) is 0 Å². The van der Waals surface area contributed by atoms with Crippen molar-refractivity contribution in [1.29, 1.82) is 0 Å². The molecule has 3 heteroatoms. The molecule has 0 radical (unpaired) electrons. The first-order chi connectivity index (χ1) is 6.65. The summed E-state index contributed by atoms with van der Waals surface area (Å²) in [5.74, 6) is -0.488. The highest BCUT2D eigenvalue weighted by Gasteiger charge is 2.11. The van der Waals surface area contributed by atoms with E-state index < -0.39 is 0 Å². The molecule has 1 unspecified atom stereocenters. The maximum Gasteiger partial charge on any atom is 0.321 e. The fourth-order valence-corrected chi connectivity index (χ4v) is 1.40. The lowest BCUT2D eigenvalue weighted by molar-refractivity contribution is -0.145. The summed E-state index contributed by atoms with van der Waals surface area (Å²) in [5, 5.41) is 0. The summed E-state index contributed by atoms with van der Waals surface area (Å²) >= 11 is 5.35. The number of hydrogen-bond donors (Lipinski definition) is 0. The molecule has 0 bridgehead atoms. The Kier molecular flexibility index (Phi) is 3.96. The van der Waals surface area contributed by atoms with Gasteiger partial charge in [-0.25, -0.2) is 0 Å². The number of benzene rings is 1. The van der Waals surface area contributed by atoms with E-state index in [0.29, 0.717) is 0 Å². The molecule has 0 aliphatic heterocycles. The van der Waals surface area contributed by atoms with E-state index in [1.165, 1.54) is 0 Å². The first kappa shape index (κ1) is 11.1. The molecule has 1 aromatic carbocycles. The molecule has 0 amide bonds. The zero-order chi connectivity index (χ0) is 10.6. The quantitative estimate of drug-likeness (QED) is 0.569. The highest BCUT2D eigenvalue weighted by molar-refractivity contribution is 6.26. The lowest BCUT2D eigenvalue weighted by Crippen LogP contribution is -2.10. The summed E-state index contributed by atoms with van der Waals surface area (Å²) < 4.78 is 5.10. The van der Waals surface area contributed by atoms with Crippen molar-refractivity contribution >= 4 is 17.6 Å². The van der Waals surface area contributed by atoms with E-state index in [-0.39, 0.29) is 18.0 Å². The van der Waals surface area contributed by atoms with Gasteiger partial charge in [0.15, 0.2) is 0 Å². The fourth-order valence-electron chi connectivity index (χ4n) is 1.34. The van der Waals surface area contributed by atoms with Gasteiger partial charge in [-0.2, -0.15) is 0 Å². The zero-order valence-corrected chi connectivity index (χ0v) is 9.04. The second-order valence-electron chi connectivity index (χ2n) is 3.12. The highest BCUT2D eigenvalue weighted by Crippen LogP contribution is 2.20. The van der Waals surface area contributed by atoms with Crippen LogP contribution in [0.2, 0.25) is 0 Å². The Labute approximate surface area is 88.8 Å². The number of hydrogen-bond acceptors (Lipinski definition) is 2. The molecule has 0 saturated heterocycles. The predicted octanol–water partition coefficient (Wildman–Crippen LogP) is 2.84. The molecule has 14 heavy (non-hydrogen) atoms. The predicted molar refractivity (Wildman–Crippen MR) is 56.4 cm³/mol. The van der Waals surface area contributed by atoms with Gasteiger partial charge in [-0.1, -0.05) is 24.3 Å². The van der Waals surface area contributed by atoms with Gasteiger partial charge in [-0.05, 0) is 25.0 Å². The van der Waals surface area contributed by atoms with Crippen LogP contribution in [0, 0.1) is 6.92 Å². The van der Waals surface area contributed by atoms with Gasteiger partial charge in [0.25, 0.3) is 0 Å². The Morgan fingerprint density at radius 2 is 2.14 bits per heavy atom. The summed E-state index contributed by atoms with van der Waals surface area (Å²) in [6.45, 7) is 3.83. The second-order valence-corrected chi connectivity index (χ2v) is 3.39. The average Bonchev–Trinajstić information content (AvgIpc) is 2.18. The highest BCUT2D eigenvalue weighted by atomic mass is 35.5.